The molecule has 1 unspecified atom stereocenters. The van der Waals surface area contributed by atoms with Crippen LogP contribution in [0.3, 0.4) is 0 Å². The maximum absolute atomic E-state index is 6.03. The van der Waals surface area contributed by atoms with E-state index in [0.717, 1.165) is 30.2 Å². The number of rotatable bonds is 4. The normalized spacial score (nSPS) is 15.4. The van der Waals surface area contributed by atoms with Crippen LogP contribution in [0.5, 0.6) is 11.5 Å². The molecule has 3 rings (SSSR count). The molecule has 0 fully saturated rings. The lowest BCUT2D eigenvalue weighted by Crippen LogP contribution is -2.09. The summed E-state index contributed by atoms with van der Waals surface area (Å²) in [7, 11) is 0. The van der Waals surface area contributed by atoms with Crippen molar-refractivity contribution in [3.8, 4) is 11.5 Å². The zero-order chi connectivity index (χ0) is 13.9. The van der Waals surface area contributed by atoms with Gasteiger partial charge in [-0.25, -0.2) is 0 Å². The number of thioether (sulfide) groups is 1. The van der Waals surface area contributed by atoms with Crippen LogP contribution < -0.4 is 10.5 Å². The van der Waals surface area contributed by atoms with Crippen molar-refractivity contribution in [1.29, 1.82) is 0 Å². The Hall–Kier alpha value is -1.16. The molecule has 1 atom stereocenters. The van der Waals surface area contributed by atoms with Crippen LogP contribution in [0.25, 0.3) is 0 Å². The molecule has 0 spiro atoms. The Balaban J connectivity index is 0.00000161. The molecule has 2 aromatic carbocycles. The second-order valence-corrected chi connectivity index (χ2v) is 6.29. The monoisotopic (exact) mass is 321 g/mol. The van der Waals surface area contributed by atoms with E-state index in [1.165, 1.54) is 16.7 Å². The maximum atomic E-state index is 6.03. The van der Waals surface area contributed by atoms with Crippen molar-refractivity contribution in [2.45, 2.75) is 18.6 Å². The number of fused-ring (bicyclic) bond motifs is 2. The first-order valence-electron chi connectivity index (χ1n) is 6.98. The summed E-state index contributed by atoms with van der Waals surface area (Å²) >= 11 is 1.96. The van der Waals surface area contributed by atoms with Gasteiger partial charge in [-0.05, 0) is 37.8 Å². The number of benzene rings is 2. The molecule has 2 aromatic rings. The van der Waals surface area contributed by atoms with Crippen LogP contribution in [-0.4, -0.2) is 12.3 Å². The van der Waals surface area contributed by atoms with E-state index in [2.05, 4.69) is 43.3 Å². The number of aryl methyl sites for hydroxylation is 1. The number of hydrogen-bond donors (Lipinski definition) is 1. The number of nitrogens with two attached hydrogens (primary N) is 1. The highest BCUT2D eigenvalue weighted by Gasteiger charge is 2.27. The van der Waals surface area contributed by atoms with Crippen LogP contribution in [0.2, 0.25) is 0 Å². The van der Waals surface area contributed by atoms with Gasteiger partial charge in [-0.3, -0.25) is 0 Å². The summed E-state index contributed by atoms with van der Waals surface area (Å²) < 4.78 is 6.03. The average Bonchev–Trinajstić information content (AvgIpc) is 2.47. The molecule has 0 amide bonds. The van der Waals surface area contributed by atoms with Gasteiger partial charge in [0.15, 0.2) is 0 Å². The van der Waals surface area contributed by atoms with Crippen molar-refractivity contribution in [1.82, 2.24) is 0 Å². The molecule has 21 heavy (non-hydrogen) atoms. The average molecular weight is 322 g/mol. The summed E-state index contributed by atoms with van der Waals surface area (Å²) in [6.07, 6.45) is 1.05. The molecular formula is C17H20ClNOS. The Morgan fingerprint density at radius 1 is 1.10 bits per heavy atom. The fraction of sp³-hybridized carbons (Fsp3) is 0.294. The van der Waals surface area contributed by atoms with Gasteiger partial charge >= 0.3 is 0 Å². The molecule has 0 aromatic heterocycles. The predicted molar refractivity (Wildman–Crippen MR) is 92.9 cm³/mol. The molecule has 112 valence electrons. The summed E-state index contributed by atoms with van der Waals surface area (Å²) in [6.45, 7) is 2.88. The highest BCUT2D eigenvalue weighted by molar-refractivity contribution is 7.99. The molecule has 1 aliphatic heterocycles. The summed E-state index contributed by atoms with van der Waals surface area (Å²) in [5.41, 5.74) is 9.45. The first kappa shape index (κ1) is 16.2. The van der Waals surface area contributed by atoms with Crippen LogP contribution in [0.15, 0.2) is 42.5 Å². The SMILES string of the molecule is Cc1ccc2c(c1)C(SCCCN)c1ccccc1O2.Cl. The van der Waals surface area contributed by atoms with Crippen LogP contribution in [0, 0.1) is 6.92 Å². The van der Waals surface area contributed by atoms with Crippen LogP contribution in [0.1, 0.15) is 28.4 Å². The van der Waals surface area contributed by atoms with E-state index in [4.69, 9.17) is 10.5 Å². The molecule has 1 heterocycles. The van der Waals surface area contributed by atoms with Gasteiger partial charge in [0.1, 0.15) is 11.5 Å². The van der Waals surface area contributed by atoms with E-state index < -0.39 is 0 Å². The van der Waals surface area contributed by atoms with Crippen molar-refractivity contribution >= 4 is 24.2 Å². The standard InChI is InChI=1S/C17H19NOS.ClH/c1-12-7-8-16-14(11-12)17(20-10-4-9-18)13-5-2-3-6-15(13)19-16;/h2-3,5-8,11,17H,4,9-10,18H2,1H3;1H. The van der Waals surface area contributed by atoms with Gasteiger partial charge in [0.05, 0.1) is 5.25 Å². The second-order valence-electron chi connectivity index (χ2n) is 5.07. The highest BCUT2D eigenvalue weighted by Crippen LogP contribution is 2.49. The van der Waals surface area contributed by atoms with Gasteiger partial charge in [0, 0.05) is 11.1 Å². The van der Waals surface area contributed by atoms with Crippen LogP contribution in [0.4, 0.5) is 0 Å². The Bertz CT molecular complexity index is 617. The Labute approximate surface area is 136 Å². The van der Waals surface area contributed by atoms with E-state index in [-0.39, 0.29) is 12.4 Å². The Morgan fingerprint density at radius 3 is 2.67 bits per heavy atom. The minimum absolute atomic E-state index is 0. The fourth-order valence-electron chi connectivity index (χ4n) is 2.51. The van der Waals surface area contributed by atoms with Gasteiger partial charge < -0.3 is 10.5 Å². The van der Waals surface area contributed by atoms with E-state index in [0.29, 0.717) is 5.25 Å². The van der Waals surface area contributed by atoms with Gasteiger partial charge in [-0.15, -0.1) is 24.2 Å². The molecule has 2 nitrogen and oxygen atoms in total. The minimum Gasteiger partial charge on any atom is -0.457 e. The second kappa shape index (κ2) is 7.21. The third kappa shape index (κ3) is 3.37. The third-order valence-electron chi connectivity index (χ3n) is 3.50. The summed E-state index contributed by atoms with van der Waals surface area (Å²) in [4.78, 5) is 0. The smallest absolute Gasteiger partial charge is 0.132 e. The molecule has 2 N–H and O–H groups in total. The van der Waals surface area contributed by atoms with Gasteiger partial charge in [-0.2, -0.15) is 0 Å². The largest absolute Gasteiger partial charge is 0.457 e. The molecule has 0 bridgehead atoms. The van der Waals surface area contributed by atoms with Gasteiger partial charge in [-0.1, -0.05) is 35.9 Å². The van der Waals surface area contributed by atoms with E-state index >= 15 is 0 Å². The van der Waals surface area contributed by atoms with E-state index in [1.54, 1.807) is 0 Å². The number of hydrogen-bond acceptors (Lipinski definition) is 3. The van der Waals surface area contributed by atoms with Crippen LogP contribution in [-0.2, 0) is 0 Å². The zero-order valence-corrected chi connectivity index (χ0v) is 13.7. The van der Waals surface area contributed by atoms with E-state index in [9.17, 15) is 0 Å². The lowest BCUT2D eigenvalue weighted by atomic mass is 9.98. The van der Waals surface area contributed by atoms with Crippen molar-refractivity contribution in [3.63, 3.8) is 0 Å². The summed E-state index contributed by atoms with van der Waals surface area (Å²) in [6, 6.07) is 14.8. The van der Waals surface area contributed by atoms with Crippen molar-refractivity contribution in [2.75, 3.05) is 12.3 Å². The lowest BCUT2D eigenvalue weighted by Gasteiger charge is -2.28. The van der Waals surface area contributed by atoms with Crippen molar-refractivity contribution in [3.05, 3.63) is 59.2 Å². The molecular weight excluding hydrogens is 302 g/mol. The molecule has 1 aliphatic rings. The minimum atomic E-state index is 0. The molecule has 0 radical (unpaired) electrons. The quantitative estimate of drug-likeness (QED) is 0.829. The molecule has 0 aliphatic carbocycles. The predicted octanol–water partition coefficient (Wildman–Crippen LogP) is 4.69. The lowest BCUT2D eigenvalue weighted by molar-refractivity contribution is 0.458. The summed E-state index contributed by atoms with van der Waals surface area (Å²) in [5, 5.41) is 0.349. The van der Waals surface area contributed by atoms with E-state index in [1.807, 2.05) is 17.8 Å². The van der Waals surface area contributed by atoms with Gasteiger partial charge in [0.25, 0.3) is 0 Å². The first-order chi connectivity index (χ1) is 9.79. The Morgan fingerprint density at radius 2 is 1.86 bits per heavy atom. The Kier molecular flexibility index (Phi) is 5.57. The molecule has 4 heteroatoms. The number of halogens is 1. The summed E-state index contributed by atoms with van der Waals surface area (Å²) in [5.74, 6) is 3.04. The number of para-hydroxylation sites is 1. The fourth-order valence-corrected chi connectivity index (χ4v) is 3.81. The highest BCUT2D eigenvalue weighted by atomic mass is 35.5. The topological polar surface area (TPSA) is 35.2 Å². The zero-order valence-electron chi connectivity index (χ0n) is 12.0. The molecule has 0 saturated heterocycles. The van der Waals surface area contributed by atoms with Crippen molar-refractivity contribution in [2.24, 2.45) is 5.73 Å². The first-order valence-corrected chi connectivity index (χ1v) is 8.03. The van der Waals surface area contributed by atoms with Crippen LogP contribution >= 0.6 is 24.2 Å². The number of ether oxygens (including phenoxy) is 1. The molecule has 0 saturated carbocycles. The third-order valence-corrected chi connectivity index (χ3v) is 4.87. The maximum Gasteiger partial charge on any atom is 0.132 e. The van der Waals surface area contributed by atoms with Gasteiger partial charge in [0.2, 0.25) is 0 Å². The van der Waals surface area contributed by atoms with Crippen molar-refractivity contribution < 1.29 is 4.74 Å².